The fourth-order valence-corrected chi connectivity index (χ4v) is 8.83. The lowest BCUT2D eigenvalue weighted by atomic mass is 9.72. The van der Waals surface area contributed by atoms with E-state index in [1.54, 1.807) is 17.2 Å². The molecule has 3 aliphatic rings. The molecule has 4 aromatic rings. The van der Waals surface area contributed by atoms with Gasteiger partial charge in [0.05, 0.1) is 23.2 Å². The van der Waals surface area contributed by atoms with E-state index in [0.717, 1.165) is 18.4 Å². The molecular formula is C35H37F3N6O5S. The van der Waals surface area contributed by atoms with E-state index in [0.29, 0.717) is 65.0 Å². The number of nitrogens with zero attached hydrogens (tertiary/aromatic N) is 5. The van der Waals surface area contributed by atoms with Crippen molar-refractivity contribution in [3.05, 3.63) is 54.8 Å². The van der Waals surface area contributed by atoms with Gasteiger partial charge in [0.15, 0.2) is 22.2 Å². The van der Waals surface area contributed by atoms with Gasteiger partial charge < -0.3 is 19.3 Å². The van der Waals surface area contributed by atoms with Crippen molar-refractivity contribution in [2.45, 2.75) is 44.9 Å². The fourth-order valence-electron chi connectivity index (χ4n) is 7.38. The van der Waals surface area contributed by atoms with Crippen LogP contribution in [-0.2, 0) is 14.6 Å². The molecule has 264 valence electrons. The highest BCUT2D eigenvalue weighted by Gasteiger charge is 2.46. The number of amides is 1. The largest absolute Gasteiger partial charge is 0.481 e. The predicted molar refractivity (Wildman–Crippen MR) is 184 cm³/mol. The molecule has 11 nitrogen and oxygen atoms in total. The van der Waals surface area contributed by atoms with Gasteiger partial charge in [0.2, 0.25) is 5.91 Å². The number of carbonyl (C=O) groups excluding carboxylic acids is 1. The van der Waals surface area contributed by atoms with Gasteiger partial charge >= 0.3 is 12.2 Å². The van der Waals surface area contributed by atoms with Gasteiger partial charge in [-0.15, -0.1) is 0 Å². The summed E-state index contributed by atoms with van der Waals surface area (Å²) < 4.78 is 77.8. The maximum absolute atomic E-state index is 13.9. The van der Waals surface area contributed by atoms with Crippen LogP contribution >= 0.6 is 0 Å². The predicted octanol–water partition coefficient (Wildman–Crippen LogP) is 5.64. The van der Waals surface area contributed by atoms with Crippen molar-refractivity contribution in [3.63, 3.8) is 0 Å². The number of likely N-dealkylation sites (tertiary alicyclic amines) is 1. The summed E-state index contributed by atoms with van der Waals surface area (Å²) >= 11 is 0. The third kappa shape index (κ3) is 6.38. The zero-order chi connectivity index (χ0) is 35.4. The number of nitrogens with one attached hydrogen (secondary N) is 1. The third-order valence-electron chi connectivity index (χ3n) is 10.1. The van der Waals surface area contributed by atoms with Crippen LogP contribution < -0.4 is 14.4 Å². The van der Waals surface area contributed by atoms with Crippen LogP contribution in [0.3, 0.4) is 0 Å². The number of aryl methyl sites for hydroxylation is 1. The number of aromatic amines is 1. The minimum atomic E-state index is -4.65. The SMILES string of the molecule is C=CC(=O)N1CC2(CCN(c3nc(OC4CCS(=O)(=O)CC4)nc4c(OCC(F)(F)F)c(-c5c(C)ccc6[nH]ncc56)c(C=C)cc34)CC2)C1. The maximum atomic E-state index is 13.9. The van der Waals surface area contributed by atoms with E-state index in [4.69, 9.17) is 19.4 Å². The maximum Gasteiger partial charge on any atom is 0.422 e. The molecule has 1 N–H and O–H groups in total. The minimum Gasteiger partial charge on any atom is -0.481 e. The number of piperidine rings is 1. The van der Waals surface area contributed by atoms with Crippen molar-refractivity contribution >= 4 is 49.4 Å². The minimum absolute atomic E-state index is 0.0356. The van der Waals surface area contributed by atoms with E-state index < -0.39 is 28.7 Å². The Kier molecular flexibility index (Phi) is 8.51. The van der Waals surface area contributed by atoms with Gasteiger partial charge in [-0.1, -0.05) is 25.3 Å². The first-order valence-electron chi connectivity index (χ1n) is 16.5. The number of hydrogen-bond donors (Lipinski definition) is 1. The van der Waals surface area contributed by atoms with Crippen molar-refractivity contribution in [3.8, 4) is 22.9 Å². The number of rotatable bonds is 8. The lowest BCUT2D eigenvalue weighted by Gasteiger charge is -2.54. The highest BCUT2D eigenvalue weighted by molar-refractivity contribution is 7.91. The Morgan fingerprint density at radius 1 is 1.10 bits per heavy atom. The molecule has 1 amide bonds. The van der Waals surface area contributed by atoms with E-state index in [-0.39, 0.29) is 52.9 Å². The topological polar surface area (TPSA) is 131 Å². The summed E-state index contributed by atoms with van der Waals surface area (Å²) in [5.41, 5.74) is 3.07. The molecule has 0 bridgehead atoms. The number of benzene rings is 2. The van der Waals surface area contributed by atoms with Gasteiger partial charge in [0.25, 0.3) is 0 Å². The van der Waals surface area contributed by atoms with Gasteiger partial charge in [-0.3, -0.25) is 9.89 Å². The number of ether oxygens (including phenoxy) is 2. The van der Waals surface area contributed by atoms with Crippen LogP contribution in [0.15, 0.2) is 43.6 Å². The van der Waals surface area contributed by atoms with Crippen LogP contribution in [0.5, 0.6) is 11.8 Å². The Labute approximate surface area is 287 Å². The number of hydrogen-bond acceptors (Lipinski definition) is 9. The summed E-state index contributed by atoms with van der Waals surface area (Å²) in [5.74, 6) is 0.179. The zero-order valence-electron chi connectivity index (χ0n) is 27.6. The molecule has 7 rings (SSSR count). The van der Waals surface area contributed by atoms with Crippen LogP contribution in [-0.4, -0.2) is 96.0 Å². The quantitative estimate of drug-likeness (QED) is 0.231. The molecule has 0 unspecified atom stereocenters. The molecule has 2 aromatic carbocycles. The molecule has 0 saturated carbocycles. The van der Waals surface area contributed by atoms with E-state index >= 15 is 0 Å². The molecule has 2 aromatic heterocycles. The average Bonchev–Trinajstić information content (AvgIpc) is 3.55. The highest BCUT2D eigenvalue weighted by Crippen LogP contribution is 2.48. The third-order valence-corrected chi connectivity index (χ3v) is 11.8. The number of sulfone groups is 1. The van der Waals surface area contributed by atoms with Gasteiger partial charge in [0.1, 0.15) is 17.4 Å². The molecule has 3 aliphatic heterocycles. The van der Waals surface area contributed by atoms with Crippen LogP contribution in [0.25, 0.3) is 39.0 Å². The summed E-state index contributed by atoms with van der Waals surface area (Å²) in [4.78, 5) is 25.5. The molecule has 15 heteroatoms. The van der Waals surface area contributed by atoms with Crippen molar-refractivity contribution in [2.24, 2.45) is 5.41 Å². The number of anilines is 1. The Hall–Kier alpha value is -4.66. The second-order valence-corrected chi connectivity index (χ2v) is 15.8. The fraction of sp³-hybridized carbons (Fsp3) is 0.429. The summed E-state index contributed by atoms with van der Waals surface area (Å²) in [6.45, 7) is 10.3. The number of aromatic nitrogens is 4. The Morgan fingerprint density at radius 2 is 1.82 bits per heavy atom. The number of halogens is 3. The van der Waals surface area contributed by atoms with Gasteiger partial charge in [-0.25, -0.2) is 8.42 Å². The second kappa shape index (κ2) is 12.6. The molecule has 3 fully saturated rings. The molecule has 5 heterocycles. The summed E-state index contributed by atoms with van der Waals surface area (Å²) in [5, 5.41) is 8.25. The standard InChI is InChI=1S/C35H37F3N6O5S/c1-4-22-16-24-30(31(48-20-35(36,37)38)29(22)28-21(3)6-7-26-25(28)17-39-42-26)40-33(49-23-8-14-50(46,47)15-9-23)41-32(24)43-12-10-34(11-13-43)18-44(19-34)27(45)5-2/h4-7,16-17,23H,1-2,8-15,18-20H2,3H3,(H,39,42). The Balaban J connectivity index is 1.38. The average molecular weight is 711 g/mol. The molecule has 50 heavy (non-hydrogen) atoms. The first-order valence-corrected chi connectivity index (χ1v) is 18.3. The van der Waals surface area contributed by atoms with Crippen molar-refractivity contribution < 1.29 is 35.9 Å². The van der Waals surface area contributed by atoms with Crippen LogP contribution in [0, 0.1) is 12.3 Å². The zero-order valence-corrected chi connectivity index (χ0v) is 28.4. The van der Waals surface area contributed by atoms with Crippen LogP contribution in [0.4, 0.5) is 19.0 Å². The number of fused-ring (bicyclic) bond motifs is 2. The number of carbonyl (C=O) groups is 1. The van der Waals surface area contributed by atoms with Crippen molar-refractivity contribution in [2.75, 3.05) is 49.2 Å². The van der Waals surface area contributed by atoms with E-state index in [1.165, 1.54) is 6.08 Å². The van der Waals surface area contributed by atoms with E-state index in [2.05, 4.69) is 28.3 Å². The summed E-state index contributed by atoms with van der Waals surface area (Å²) in [6, 6.07) is 5.45. The van der Waals surface area contributed by atoms with E-state index in [1.807, 2.05) is 25.1 Å². The number of H-pyrrole nitrogens is 1. The summed E-state index contributed by atoms with van der Waals surface area (Å²) in [7, 11) is -3.18. The molecule has 1 spiro atoms. The van der Waals surface area contributed by atoms with Crippen LogP contribution in [0.1, 0.15) is 36.8 Å². The van der Waals surface area contributed by atoms with Crippen LogP contribution in [0.2, 0.25) is 0 Å². The second-order valence-electron chi connectivity index (χ2n) is 13.4. The first-order chi connectivity index (χ1) is 23.8. The normalized spacial score (nSPS) is 19.0. The summed E-state index contributed by atoms with van der Waals surface area (Å²) in [6.07, 6.45) is 1.38. The van der Waals surface area contributed by atoms with Gasteiger partial charge in [0, 0.05) is 47.9 Å². The number of alkyl halides is 3. The lowest BCUT2D eigenvalue weighted by molar-refractivity contribution is -0.153. The molecule has 0 radical (unpaired) electrons. The molecule has 3 saturated heterocycles. The first kappa shape index (κ1) is 33.8. The smallest absolute Gasteiger partial charge is 0.422 e. The van der Waals surface area contributed by atoms with Crippen molar-refractivity contribution in [1.29, 1.82) is 0 Å². The lowest BCUT2D eigenvalue weighted by Crippen LogP contribution is -2.61. The van der Waals surface area contributed by atoms with E-state index in [9.17, 15) is 26.4 Å². The van der Waals surface area contributed by atoms with Gasteiger partial charge in [-0.2, -0.15) is 28.2 Å². The molecular weight excluding hydrogens is 673 g/mol. The molecule has 0 aliphatic carbocycles. The Bertz CT molecular complexity index is 2100. The molecule has 0 atom stereocenters. The monoisotopic (exact) mass is 710 g/mol. The highest BCUT2D eigenvalue weighted by atomic mass is 32.2. The Morgan fingerprint density at radius 3 is 2.48 bits per heavy atom. The van der Waals surface area contributed by atoms with Crippen molar-refractivity contribution in [1.82, 2.24) is 25.1 Å². The van der Waals surface area contributed by atoms with Gasteiger partial charge in [-0.05, 0) is 67.5 Å².